The van der Waals surface area contributed by atoms with Crippen LogP contribution in [-0.4, -0.2) is 39.4 Å². The van der Waals surface area contributed by atoms with E-state index in [4.69, 9.17) is 0 Å². The molecule has 0 aromatic rings. The normalized spacial score (nSPS) is 22.1. The molecule has 0 N–H and O–H groups in total. The van der Waals surface area contributed by atoms with Crippen molar-refractivity contribution in [3.05, 3.63) is 62.3 Å². The van der Waals surface area contributed by atoms with E-state index >= 15 is 0 Å². The molecular weight excluding hydrogens is 330 g/mol. The van der Waals surface area contributed by atoms with Gasteiger partial charge in [0.2, 0.25) is 0 Å². The number of nitrogens with zero attached hydrogens (tertiary/aromatic N) is 1. The molecule has 2 aliphatic carbocycles. The Balaban J connectivity index is 0.000000622. The van der Waals surface area contributed by atoms with E-state index in [1.807, 2.05) is 38.5 Å². The average Bonchev–Trinajstić information content (AvgIpc) is 3.08. The zero-order valence-corrected chi connectivity index (χ0v) is 16.5. The first kappa shape index (κ1) is 22.4. The third kappa shape index (κ3) is 6.47. The standard InChI is InChI=1S/C13H22NOSi.C5H5.Fe/c1-10(14(2)3)13-11(9-15)7-8-12(13)16(4,5)6;1-2-4-5-3-1;/h7-10H,1-6H3;1-5H;/q;;+2/t10-;;/m1../s1. The Bertz CT molecular complexity index is 305. The summed E-state index contributed by atoms with van der Waals surface area (Å²) in [5, 5.41) is 0. The van der Waals surface area contributed by atoms with Gasteiger partial charge in [-0.1, -0.05) is 19.6 Å². The second-order valence-electron chi connectivity index (χ2n) is 6.59. The van der Waals surface area contributed by atoms with Crippen molar-refractivity contribution in [1.82, 2.24) is 4.90 Å². The van der Waals surface area contributed by atoms with Crippen LogP contribution in [0.5, 0.6) is 0 Å². The van der Waals surface area contributed by atoms with Crippen molar-refractivity contribution in [2.45, 2.75) is 32.6 Å². The fraction of sp³-hybridized carbons (Fsp3) is 0.389. The van der Waals surface area contributed by atoms with E-state index in [-0.39, 0.29) is 17.1 Å². The Morgan fingerprint density at radius 3 is 1.77 bits per heavy atom. The minimum atomic E-state index is -1.37. The Morgan fingerprint density at radius 2 is 1.45 bits per heavy atom. The smallest absolute Gasteiger partial charge is 0.306 e. The van der Waals surface area contributed by atoms with Crippen molar-refractivity contribution < 1.29 is 21.9 Å². The van der Waals surface area contributed by atoms with Gasteiger partial charge in [0.25, 0.3) is 0 Å². The van der Waals surface area contributed by atoms with E-state index in [9.17, 15) is 4.79 Å². The molecule has 0 aromatic heterocycles. The first-order valence-electron chi connectivity index (χ1n) is 7.37. The molecule has 1 atom stereocenters. The molecule has 2 aliphatic rings. The number of hydrogen-bond acceptors (Lipinski definition) is 2. The van der Waals surface area contributed by atoms with Crippen molar-refractivity contribution in [3.63, 3.8) is 0 Å². The van der Waals surface area contributed by atoms with Gasteiger partial charge < -0.3 is 9.69 Å². The summed E-state index contributed by atoms with van der Waals surface area (Å²) < 4.78 is 0. The summed E-state index contributed by atoms with van der Waals surface area (Å²) >= 11 is 0. The van der Waals surface area contributed by atoms with Crippen molar-refractivity contribution in [3.8, 4) is 0 Å². The number of rotatable bonds is 4. The molecule has 0 aliphatic heterocycles. The zero-order chi connectivity index (χ0) is 16.0. The first-order chi connectivity index (χ1) is 9.79. The molecule has 0 saturated heterocycles. The van der Waals surface area contributed by atoms with Crippen LogP contribution in [-0.2, 0) is 21.9 Å². The molecule has 10 radical (unpaired) electrons. The summed E-state index contributed by atoms with van der Waals surface area (Å²) in [6.07, 6.45) is 15.1. The molecule has 0 aromatic carbocycles. The molecule has 0 heterocycles. The van der Waals surface area contributed by atoms with Gasteiger partial charge >= 0.3 is 17.1 Å². The number of carbonyl (C=O) groups is 1. The molecule has 0 bridgehead atoms. The second-order valence-corrected chi connectivity index (χ2v) is 11.6. The molecule has 2 saturated carbocycles. The summed E-state index contributed by atoms with van der Waals surface area (Å²) in [6.45, 7) is 9.13. The Kier molecular flexibility index (Phi) is 10.4. The Hall–Kier alpha value is 0.366. The van der Waals surface area contributed by atoms with Gasteiger partial charge in [-0.05, 0) is 71.5 Å². The van der Waals surface area contributed by atoms with Gasteiger partial charge in [0.15, 0.2) is 0 Å². The summed E-state index contributed by atoms with van der Waals surface area (Å²) in [7, 11) is 2.74. The van der Waals surface area contributed by atoms with Gasteiger partial charge in [-0.3, -0.25) is 0 Å². The Morgan fingerprint density at radius 1 is 1.00 bits per heavy atom. The molecule has 2 fully saturated rings. The minimum Gasteiger partial charge on any atom is -0.306 e. The minimum absolute atomic E-state index is 0. The van der Waals surface area contributed by atoms with Crippen molar-refractivity contribution in [1.29, 1.82) is 0 Å². The molecule has 2 nitrogen and oxygen atoms in total. The van der Waals surface area contributed by atoms with Gasteiger partial charge in [0.1, 0.15) is 6.29 Å². The van der Waals surface area contributed by atoms with Crippen LogP contribution >= 0.6 is 0 Å². The largest absolute Gasteiger partial charge is 2.00 e. The monoisotopic (exact) mass is 357 g/mol. The first-order valence-corrected chi connectivity index (χ1v) is 10.9. The van der Waals surface area contributed by atoms with Crippen molar-refractivity contribution in [2.75, 3.05) is 14.1 Å². The molecule has 0 spiro atoms. The maximum absolute atomic E-state index is 11.1. The molecule has 0 unspecified atom stereocenters. The van der Waals surface area contributed by atoms with Crippen LogP contribution in [0.25, 0.3) is 0 Å². The van der Waals surface area contributed by atoms with E-state index in [2.05, 4.69) is 52.0 Å². The fourth-order valence-electron chi connectivity index (χ4n) is 2.31. The predicted molar refractivity (Wildman–Crippen MR) is 92.4 cm³/mol. The molecule has 2 rings (SSSR count). The maximum atomic E-state index is 11.1. The SMILES string of the molecule is C[C@H]([C]1[C](C=O)[CH][CH][C]1[Si](C)(C)C)N(C)C.[CH]1[CH][CH][CH][CH]1.[Fe+2]. The van der Waals surface area contributed by atoms with Gasteiger partial charge in [0.05, 0.1) is 14.0 Å². The van der Waals surface area contributed by atoms with Gasteiger partial charge in [-0.2, -0.15) is 0 Å². The van der Waals surface area contributed by atoms with E-state index in [1.54, 1.807) is 0 Å². The molecular formula is C18H27FeNOSi+2. The zero-order valence-electron chi connectivity index (χ0n) is 14.4. The van der Waals surface area contributed by atoms with Crippen LogP contribution in [0.4, 0.5) is 0 Å². The van der Waals surface area contributed by atoms with E-state index in [0.717, 1.165) is 12.2 Å². The average molecular weight is 357 g/mol. The van der Waals surface area contributed by atoms with Crippen LogP contribution in [0.15, 0.2) is 0 Å². The van der Waals surface area contributed by atoms with Crippen molar-refractivity contribution in [2.24, 2.45) is 0 Å². The fourth-order valence-corrected chi connectivity index (χ4v) is 4.05. The van der Waals surface area contributed by atoms with Crippen LogP contribution in [0.2, 0.25) is 19.6 Å². The van der Waals surface area contributed by atoms with E-state index < -0.39 is 8.07 Å². The third-order valence-corrected chi connectivity index (χ3v) is 5.77. The maximum Gasteiger partial charge on any atom is 2.00 e. The summed E-state index contributed by atoms with van der Waals surface area (Å²) in [6, 6.07) is 0.303. The van der Waals surface area contributed by atoms with Crippen LogP contribution in [0.3, 0.4) is 0 Å². The quantitative estimate of drug-likeness (QED) is 0.569. The number of aldehydes is 1. The van der Waals surface area contributed by atoms with Crippen LogP contribution in [0.1, 0.15) is 6.92 Å². The number of hydrogen-bond donors (Lipinski definition) is 0. The van der Waals surface area contributed by atoms with Gasteiger partial charge in [0, 0.05) is 12.0 Å². The van der Waals surface area contributed by atoms with E-state index in [0.29, 0.717) is 6.04 Å². The summed E-state index contributed by atoms with van der Waals surface area (Å²) in [5.41, 5.74) is 1.41. The van der Waals surface area contributed by atoms with E-state index in [1.165, 1.54) is 11.5 Å². The number of carbonyl (C=O) groups excluding carboxylic acids is 1. The molecule has 120 valence electrons. The molecule has 0 amide bonds. The molecule has 4 heteroatoms. The van der Waals surface area contributed by atoms with Crippen LogP contribution in [0, 0.1) is 62.3 Å². The van der Waals surface area contributed by atoms with Crippen molar-refractivity contribution >= 4 is 14.4 Å². The second kappa shape index (κ2) is 10.3. The summed E-state index contributed by atoms with van der Waals surface area (Å²) in [5.74, 6) is 2.10. The van der Waals surface area contributed by atoms with Crippen LogP contribution < -0.4 is 0 Å². The van der Waals surface area contributed by atoms with Gasteiger partial charge in [-0.25, -0.2) is 0 Å². The summed E-state index contributed by atoms with van der Waals surface area (Å²) in [4.78, 5) is 13.3. The topological polar surface area (TPSA) is 20.3 Å². The Labute approximate surface area is 150 Å². The third-order valence-electron chi connectivity index (χ3n) is 3.71. The van der Waals surface area contributed by atoms with Gasteiger partial charge in [-0.15, -0.1) is 0 Å². The predicted octanol–water partition coefficient (Wildman–Crippen LogP) is 3.18. The molecule has 22 heavy (non-hydrogen) atoms.